The summed E-state index contributed by atoms with van der Waals surface area (Å²) in [5, 5.41) is 3.65. The van der Waals surface area contributed by atoms with E-state index in [9.17, 15) is 0 Å². The molecule has 0 aliphatic heterocycles. The van der Waals surface area contributed by atoms with Crippen LogP contribution in [0.25, 0.3) is 0 Å². The molecule has 0 heterocycles. The van der Waals surface area contributed by atoms with E-state index in [-0.39, 0.29) is 0 Å². The van der Waals surface area contributed by atoms with Gasteiger partial charge < -0.3 is 10.1 Å². The van der Waals surface area contributed by atoms with Gasteiger partial charge in [0.15, 0.2) is 0 Å². The van der Waals surface area contributed by atoms with E-state index in [1.54, 1.807) is 0 Å². The van der Waals surface area contributed by atoms with E-state index in [2.05, 4.69) is 35.6 Å². The SMILES string of the molecule is c1ccc(CC(CNC2CC2)COCC2CC2)cc1. The highest BCUT2D eigenvalue weighted by Crippen LogP contribution is 2.29. The van der Waals surface area contributed by atoms with Gasteiger partial charge in [-0.1, -0.05) is 30.3 Å². The van der Waals surface area contributed by atoms with Crippen LogP contribution in [0.3, 0.4) is 0 Å². The predicted molar refractivity (Wildman–Crippen MR) is 78.2 cm³/mol. The minimum Gasteiger partial charge on any atom is -0.381 e. The second-order valence-electron chi connectivity index (χ2n) is 6.22. The van der Waals surface area contributed by atoms with E-state index < -0.39 is 0 Å². The topological polar surface area (TPSA) is 21.3 Å². The van der Waals surface area contributed by atoms with Crippen LogP contribution < -0.4 is 5.32 Å². The van der Waals surface area contributed by atoms with Crippen LogP contribution in [0.4, 0.5) is 0 Å². The summed E-state index contributed by atoms with van der Waals surface area (Å²) < 4.78 is 5.90. The minimum absolute atomic E-state index is 0.613. The first-order chi connectivity index (χ1) is 9.40. The molecule has 1 atom stereocenters. The molecule has 0 amide bonds. The van der Waals surface area contributed by atoms with Gasteiger partial charge in [-0.05, 0) is 49.5 Å². The summed E-state index contributed by atoms with van der Waals surface area (Å²) in [5.41, 5.74) is 1.43. The van der Waals surface area contributed by atoms with E-state index in [4.69, 9.17) is 4.74 Å². The van der Waals surface area contributed by atoms with Crippen molar-refractivity contribution in [3.05, 3.63) is 35.9 Å². The fraction of sp³-hybridized carbons (Fsp3) is 0.647. The molecule has 2 fully saturated rings. The Bertz CT molecular complexity index is 370. The molecule has 0 spiro atoms. The van der Waals surface area contributed by atoms with Crippen LogP contribution in [-0.4, -0.2) is 25.8 Å². The molecule has 19 heavy (non-hydrogen) atoms. The van der Waals surface area contributed by atoms with Crippen molar-refractivity contribution in [2.24, 2.45) is 11.8 Å². The Morgan fingerprint density at radius 2 is 1.89 bits per heavy atom. The molecule has 0 bridgehead atoms. The number of nitrogens with one attached hydrogen (secondary N) is 1. The Labute approximate surface area is 116 Å². The first-order valence-corrected chi connectivity index (χ1v) is 7.75. The first-order valence-electron chi connectivity index (χ1n) is 7.75. The maximum Gasteiger partial charge on any atom is 0.0509 e. The Hall–Kier alpha value is -0.860. The molecule has 104 valence electrons. The zero-order valence-corrected chi connectivity index (χ0v) is 11.7. The molecule has 2 saturated carbocycles. The van der Waals surface area contributed by atoms with E-state index >= 15 is 0 Å². The average molecular weight is 259 g/mol. The fourth-order valence-corrected chi connectivity index (χ4v) is 2.44. The lowest BCUT2D eigenvalue weighted by atomic mass is 10.00. The van der Waals surface area contributed by atoms with E-state index in [0.717, 1.165) is 38.1 Å². The van der Waals surface area contributed by atoms with Gasteiger partial charge in [0, 0.05) is 19.2 Å². The average Bonchev–Trinajstić information content (AvgIpc) is 3.31. The van der Waals surface area contributed by atoms with Gasteiger partial charge in [-0.2, -0.15) is 0 Å². The van der Waals surface area contributed by atoms with Crippen LogP contribution in [-0.2, 0) is 11.2 Å². The Morgan fingerprint density at radius 3 is 2.58 bits per heavy atom. The normalized spacial score (nSPS) is 20.4. The molecule has 0 saturated heterocycles. The lowest BCUT2D eigenvalue weighted by molar-refractivity contribution is 0.0906. The number of ether oxygens (including phenoxy) is 1. The van der Waals surface area contributed by atoms with E-state index in [0.29, 0.717) is 5.92 Å². The molecule has 1 N–H and O–H groups in total. The van der Waals surface area contributed by atoms with Gasteiger partial charge in [0.25, 0.3) is 0 Å². The highest BCUT2D eigenvalue weighted by Gasteiger charge is 2.24. The van der Waals surface area contributed by atoms with Gasteiger partial charge in [-0.25, -0.2) is 0 Å². The molecule has 2 heteroatoms. The van der Waals surface area contributed by atoms with Gasteiger partial charge in [0.1, 0.15) is 0 Å². The number of hydrogen-bond donors (Lipinski definition) is 1. The number of benzene rings is 1. The summed E-state index contributed by atoms with van der Waals surface area (Å²) in [4.78, 5) is 0. The summed E-state index contributed by atoms with van der Waals surface area (Å²) in [6.45, 7) is 2.99. The molecule has 0 radical (unpaired) electrons. The maximum atomic E-state index is 5.90. The van der Waals surface area contributed by atoms with Crippen molar-refractivity contribution < 1.29 is 4.74 Å². The van der Waals surface area contributed by atoms with Gasteiger partial charge >= 0.3 is 0 Å². The molecular formula is C17H25NO. The van der Waals surface area contributed by atoms with Crippen molar-refractivity contribution in [3.63, 3.8) is 0 Å². The third-order valence-corrected chi connectivity index (χ3v) is 4.04. The summed E-state index contributed by atoms with van der Waals surface area (Å²) in [7, 11) is 0. The number of rotatable bonds is 9. The highest BCUT2D eigenvalue weighted by molar-refractivity contribution is 5.15. The van der Waals surface area contributed by atoms with Crippen molar-refractivity contribution in [2.75, 3.05) is 19.8 Å². The van der Waals surface area contributed by atoms with Crippen molar-refractivity contribution >= 4 is 0 Å². The van der Waals surface area contributed by atoms with Crippen LogP contribution in [0, 0.1) is 11.8 Å². The van der Waals surface area contributed by atoms with Gasteiger partial charge in [-0.15, -0.1) is 0 Å². The van der Waals surface area contributed by atoms with E-state index in [1.807, 2.05) is 0 Å². The highest BCUT2D eigenvalue weighted by atomic mass is 16.5. The van der Waals surface area contributed by atoms with Gasteiger partial charge in [0.05, 0.1) is 6.61 Å². The van der Waals surface area contributed by atoms with Crippen molar-refractivity contribution in [2.45, 2.75) is 38.1 Å². The standard InChI is InChI=1S/C17H25NO/c1-2-4-14(5-3-1)10-16(11-18-17-8-9-17)13-19-12-15-6-7-15/h1-5,15-18H,6-13H2. The molecular weight excluding hydrogens is 234 g/mol. The predicted octanol–water partition coefficient (Wildman–Crippen LogP) is 3.02. The smallest absolute Gasteiger partial charge is 0.0509 e. The lowest BCUT2D eigenvalue weighted by Crippen LogP contribution is -2.29. The second-order valence-corrected chi connectivity index (χ2v) is 6.22. The molecule has 2 aliphatic rings. The van der Waals surface area contributed by atoms with Crippen LogP contribution in [0.1, 0.15) is 31.2 Å². The zero-order chi connectivity index (χ0) is 12.9. The molecule has 2 nitrogen and oxygen atoms in total. The van der Waals surface area contributed by atoms with Gasteiger partial charge in [-0.3, -0.25) is 0 Å². The first kappa shape index (κ1) is 13.1. The summed E-state index contributed by atoms with van der Waals surface area (Å²) in [5.74, 6) is 1.48. The van der Waals surface area contributed by atoms with Crippen molar-refractivity contribution in [3.8, 4) is 0 Å². The largest absolute Gasteiger partial charge is 0.381 e. The van der Waals surface area contributed by atoms with Crippen LogP contribution in [0.5, 0.6) is 0 Å². The molecule has 3 rings (SSSR count). The van der Waals surface area contributed by atoms with Crippen LogP contribution >= 0.6 is 0 Å². The third kappa shape index (κ3) is 4.96. The molecule has 0 aromatic heterocycles. The van der Waals surface area contributed by atoms with Gasteiger partial charge in [0.2, 0.25) is 0 Å². The minimum atomic E-state index is 0.613. The summed E-state index contributed by atoms with van der Waals surface area (Å²) in [6, 6.07) is 11.6. The molecule has 1 aromatic rings. The molecule has 1 aromatic carbocycles. The zero-order valence-electron chi connectivity index (χ0n) is 11.7. The summed E-state index contributed by atoms with van der Waals surface area (Å²) >= 11 is 0. The van der Waals surface area contributed by atoms with Crippen molar-refractivity contribution in [1.29, 1.82) is 0 Å². The second kappa shape index (κ2) is 6.53. The van der Waals surface area contributed by atoms with Crippen LogP contribution in [0.15, 0.2) is 30.3 Å². The molecule has 1 unspecified atom stereocenters. The maximum absolute atomic E-state index is 5.90. The number of hydrogen-bond acceptors (Lipinski definition) is 2. The Morgan fingerprint density at radius 1 is 1.11 bits per heavy atom. The summed E-state index contributed by atoms with van der Waals surface area (Å²) in [6.07, 6.45) is 6.61. The fourth-order valence-electron chi connectivity index (χ4n) is 2.44. The Kier molecular flexibility index (Phi) is 4.52. The lowest BCUT2D eigenvalue weighted by Gasteiger charge is -2.18. The molecule has 2 aliphatic carbocycles. The monoisotopic (exact) mass is 259 g/mol. The third-order valence-electron chi connectivity index (χ3n) is 4.04. The van der Waals surface area contributed by atoms with Crippen LogP contribution in [0.2, 0.25) is 0 Å². The Balaban J connectivity index is 1.45. The van der Waals surface area contributed by atoms with E-state index in [1.165, 1.54) is 31.2 Å². The van der Waals surface area contributed by atoms with Crippen molar-refractivity contribution in [1.82, 2.24) is 5.32 Å². The quantitative estimate of drug-likeness (QED) is 0.736.